The Morgan fingerprint density at radius 2 is 1.85 bits per heavy atom. The SMILES string of the molecule is Cc1cc(NCCc2c[nH]c3ccccc23)nc(Nc2ccccc2Cl)n1. The lowest BCUT2D eigenvalue weighted by atomic mass is 10.1. The van der Waals surface area contributed by atoms with E-state index in [4.69, 9.17) is 11.6 Å². The van der Waals surface area contributed by atoms with Crippen molar-refractivity contribution in [2.75, 3.05) is 17.2 Å². The van der Waals surface area contributed by atoms with E-state index in [9.17, 15) is 0 Å². The lowest BCUT2D eigenvalue weighted by Crippen LogP contribution is -2.08. The highest BCUT2D eigenvalue weighted by atomic mass is 35.5. The van der Waals surface area contributed by atoms with Gasteiger partial charge in [-0.2, -0.15) is 4.98 Å². The van der Waals surface area contributed by atoms with Crippen LogP contribution in [0, 0.1) is 6.92 Å². The van der Waals surface area contributed by atoms with E-state index in [1.54, 1.807) is 0 Å². The molecule has 27 heavy (non-hydrogen) atoms. The first-order valence-corrected chi connectivity index (χ1v) is 9.23. The number of halogens is 1. The summed E-state index contributed by atoms with van der Waals surface area (Å²) in [5.41, 5.74) is 4.12. The quantitative estimate of drug-likeness (QED) is 0.425. The number of nitrogens with zero attached hydrogens (tertiary/aromatic N) is 2. The summed E-state index contributed by atoms with van der Waals surface area (Å²) in [5, 5.41) is 8.47. The molecule has 0 saturated heterocycles. The Kier molecular flexibility index (Phi) is 4.94. The minimum atomic E-state index is 0.526. The summed E-state index contributed by atoms with van der Waals surface area (Å²) < 4.78 is 0. The number of hydrogen-bond donors (Lipinski definition) is 3. The second-order valence-corrected chi connectivity index (χ2v) is 6.77. The van der Waals surface area contributed by atoms with E-state index in [0.717, 1.165) is 35.7 Å². The number of aromatic amines is 1. The Morgan fingerprint density at radius 1 is 1.04 bits per heavy atom. The Hall–Kier alpha value is -3.05. The molecule has 5 nitrogen and oxygen atoms in total. The van der Waals surface area contributed by atoms with Crippen molar-refractivity contribution in [3.63, 3.8) is 0 Å². The molecule has 4 aromatic rings. The van der Waals surface area contributed by atoms with E-state index in [2.05, 4.69) is 50.0 Å². The van der Waals surface area contributed by atoms with Gasteiger partial charge in [-0.3, -0.25) is 0 Å². The van der Waals surface area contributed by atoms with Gasteiger partial charge in [0.1, 0.15) is 5.82 Å². The first kappa shape index (κ1) is 17.4. The summed E-state index contributed by atoms with van der Waals surface area (Å²) in [5.74, 6) is 1.31. The molecule has 0 unspecified atom stereocenters. The molecule has 0 fully saturated rings. The van der Waals surface area contributed by atoms with E-state index in [-0.39, 0.29) is 0 Å². The van der Waals surface area contributed by atoms with Gasteiger partial charge in [0.2, 0.25) is 5.95 Å². The van der Waals surface area contributed by atoms with Crippen LogP contribution < -0.4 is 10.6 Å². The van der Waals surface area contributed by atoms with Crippen LogP contribution in [0.1, 0.15) is 11.3 Å². The summed E-state index contributed by atoms with van der Waals surface area (Å²) in [6.45, 7) is 2.73. The molecule has 0 aliphatic heterocycles. The molecule has 136 valence electrons. The molecule has 0 saturated carbocycles. The van der Waals surface area contributed by atoms with Gasteiger partial charge in [0.25, 0.3) is 0 Å². The molecule has 4 rings (SSSR count). The predicted octanol–water partition coefficient (Wildman–Crippen LogP) is 5.32. The fourth-order valence-corrected chi connectivity index (χ4v) is 3.24. The number of benzene rings is 2. The van der Waals surface area contributed by atoms with E-state index < -0.39 is 0 Å². The Labute approximate surface area is 162 Å². The minimum absolute atomic E-state index is 0.526. The third-order valence-corrected chi connectivity index (χ3v) is 4.68. The van der Waals surface area contributed by atoms with Gasteiger partial charge >= 0.3 is 0 Å². The van der Waals surface area contributed by atoms with Crippen molar-refractivity contribution in [1.82, 2.24) is 15.0 Å². The molecule has 6 heteroatoms. The molecule has 0 aliphatic carbocycles. The molecular formula is C21H20ClN5. The van der Waals surface area contributed by atoms with E-state index in [1.165, 1.54) is 10.9 Å². The molecule has 2 aromatic carbocycles. The molecule has 0 radical (unpaired) electrons. The second kappa shape index (κ2) is 7.68. The number of anilines is 3. The molecular weight excluding hydrogens is 358 g/mol. The average Bonchev–Trinajstić information content (AvgIpc) is 3.07. The van der Waals surface area contributed by atoms with Crippen molar-refractivity contribution < 1.29 is 0 Å². The first-order chi connectivity index (χ1) is 13.2. The third-order valence-electron chi connectivity index (χ3n) is 4.35. The highest BCUT2D eigenvalue weighted by molar-refractivity contribution is 6.33. The van der Waals surface area contributed by atoms with Crippen LogP contribution in [0.5, 0.6) is 0 Å². The standard InChI is InChI=1S/C21H20ClN5/c1-14-12-20(27-21(25-14)26-19-9-5-3-7-17(19)22)23-11-10-15-13-24-18-8-4-2-6-16(15)18/h2-9,12-13,24H,10-11H2,1H3,(H2,23,25,26,27). The third kappa shape index (κ3) is 4.04. The van der Waals surface area contributed by atoms with Gasteiger partial charge in [-0.05, 0) is 37.1 Å². The Morgan fingerprint density at radius 3 is 2.74 bits per heavy atom. The fourth-order valence-electron chi connectivity index (χ4n) is 3.06. The van der Waals surface area contributed by atoms with Crippen LogP contribution >= 0.6 is 11.6 Å². The van der Waals surface area contributed by atoms with Gasteiger partial charge in [-0.15, -0.1) is 0 Å². The predicted molar refractivity (Wildman–Crippen MR) is 112 cm³/mol. The van der Waals surface area contributed by atoms with Crippen molar-refractivity contribution in [3.8, 4) is 0 Å². The maximum Gasteiger partial charge on any atom is 0.229 e. The number of aromatic nitrogens is 3. The molecule has 3 N–H and O–H groups in total. The van der Waals surface area contributed by atoms with Crippen LogP contribution in [0.15, 0.2) is 60.8 Å². The van der Waals surface area contributed by atoms with Gasteiger partial charge in [0.15, 0.2) is 0 Å². The van der Waals surface area contributed by atoms with Gasteiger partial charge in [-0.1, -0.05) is 41.9 Å². The normalized spacial score (nSPS) is 10.9. The smallest absolute Gasteiger partial charge is 0.229 e. The topological polar surface area (TPSA) is 65.6 Å². The second-order valence-electron chi connectivity index (χ2n) is 6.36. The number of aryl methyl sites for hydroxylation is 1. The molecule has 0 spiro atoms. The zero-order valence-corrected chi connectivity index (χ0v) is 15.7. The summed E-state index contributed by atoms with van der Waals surface area (Å²) in [7, 11) is 0. The number of H-pyrrole nitrogens is 1. The highest BCUT2D eigenvalue weighted by Crippen LogP contribution is 2.24. The first-order valence-electron chi connectivity index (χ1n) is 8.85. The van der Waals surface area contributed by atoms with Crippen LogP contribution in [0.25, 0.3) is 10.9 Å². The average molecular weight is 378 g/mol. The minimum Gasteiger partial charge on any atom is -0.370 e. The van der Waals surface area contributed by atoms with Crippen LogP contribution in [-0.2, 0) is 6.42 Å². The summed E-state index contributed by atoms with van der Waals surface area (Å²) in [6.07, 6.45) is 2.97. The van der Waals surface area contributed by atoms with Crippen molar-refractivity contribution >= 4 is 40.0 Å². The summed E-state index contributed by atoms with van der Waals surface area (Å²) in [4.78, 5) is 12.3. The number of para-hydroxylation sites is 2. The summed E-state index contributed by atoms with van der Waals surface area (Å²) >= 11 is 6.21. The molecule has 2 heterocycles. The number of rotatable bonds is 6. The van der Waals surface area contributed by atoms with Crippen LogP contribution in [0.2, 0.25) is 5.02 Å². The van der Waals surface area contributed by atoms with E-state index in [0.29, 0.717) is 11.0 Å². The number of hydrogen-bond acceptors (Lipinski definition) is 4. The lowest BCUT2D eigenvalue weighted by molar-refractivity contribution is 1.00. The highest BCUT2D eigenvalue weighted by Gasteiger charge is 2.06. The van der Waals surface area contributed by atoms with Gasteiger partial charge in [0.05, 0.1) is 10.7 Å². The van der Waals surface area contributed by atoms with Gasteiger partial charge in [-0.25, -0.2) is 4.98 Å². The van der Waals surface area contributed by atoms with Crippen LogP contribution in [0.4, 0.5) is 17.5 Å². The van der Waals surface area contributed by atoms with Crippen molar-refractivity contribution in [1.29, 1.82) is 0 Å². The molecule has 2 aromatic heterocycles. The summed E-state index contributed by atoms with van der Waals surface area (Å²) in [6, 6.07) is 17.8. The molecule has 0 atom stereocenters. The largest absolute Gasteiger partial charge is 0.370 e. The zero-order valence-electron chi connectivity index (χ0n) is 15.0. The van der Waals surface area contributed by atoms with Gasteiger partial charge < -0.3 is 15.6 Å². The lowest BCUT2D eigenvalue weighted by Gasteiger charge is -2.10. The fraction of sp³-hybridized carbons (Fsp3) is 0.143. The monoisotopic (exact) mass is 377 g/mol. The molecule has 0 amide bonds. The van der Waals surface area contributed by atoms with Crippen molar-refractivity contribution in [2.24, 2.45) is 0 Å². The maximum absolute atomic E-state index is 6.21. The maximum atomic E-state index is 6.21. The van der Waals surface area contributed by atoms with Crippen LogP contribution in [-0.4, -0.2) is 21.5 Å². The molecule has 0 bridgehead atoms. The van der Waals surface area contributed by atoms with Crippen LogP contribution in [0.3, 0.4) is 0 Å². The Bertz CT molecular complexity index is 1070. The van der Waals surface area contributed by atoms with Crippen molar-refractivity contribution in [2.45, 2.75) is 13.3 Å². The molecule has 0 aliphatic rings. The van der Waals surface area contributed by atoms with Crippen molar-refractivity contribution in [3.05, 3.63) is 77.1 Å². The number of nitrogens with one attached hydrogen (secondary N) is 3. The van der Waals surface area contributed by atoms with E-state index >= 15 is 0 Å². The number of fused-ring (bicyclic) bond motifs is 1. The van der Waals surface area contributed by atoms with E-state index in [1.807, 2.05) is 43.3 Å². The zero-order chi connectivity index (χ0) is 18.6. The van der Waals surface area contributed by atoms with Gasteiger partial charge in [0, 0.05) is 35.4 Å². The Balaban J connectivity index is 1.44.